The van der Waals surface area contributed by atoms with Crippen LogP contribution in [0, 0.1) is 11.6 Å². The Labute approximate surface area is 337 Å². The van der Waals surface area contributed by atoms with Gasteiger partial charge in [-0.2, -0.15) is 0 Å². The highest BCUT2D eigenvalue weighted by atomic mass is 31.2. The van der Waals surface area contributed by atoms with Crippen LogP contribution in [0.1, 0.15) is 66.1 Å². The van der Waals surface area contributed by atoms with Crippen molar-refractivity contribution in [1.29, 1.82) is 0 Å². The van der Waals surface area contributed by atoms with Crippen LogP contribution in [0.5, 0.6) is 5.75 Å². The predicted octanol–water partition coefficient (Wildman–Crippen LogP) is 5.04. The third-order valence-corrected chi connectivity index (χ3v) is 10.8. The van der Waals surface area contributed by atoms with E-state index in [1.54, 1.807) is 58.0 Å². The Morgan fingerprint density at radius 1 is 0.949 bits per heavy atom. The fourth-order valence-electron chi connectivity index (χ4n) is 6.12. The van der Waals surface area contributed by atoms with Gasteiger partial charge in [-0.05, 0) is 39.3 Å². The van der Waals surface area contributed by atoms with Gasteiger partial charge in [-0.1, -0.05) is 36.4 Å². The van der Waals surface area contributed by atoms with Gasteiger partial charge >= 0.3 is 19.9 Å². The molecule has 1 saturated heterocycles. The van der Waals surface area contributed by atoms with Crippen molar-refractivity contribution < 1.29 is 70.0 Å². The number of halogens is 2. The molecule has 1 N–H and O–H groups in total. The molecule has 1 atom stereocenters. The lowest BCUT2D eigenvalue weighted by Crippen LogP contribution is -2.70. The number of nitrogens with one attached hydrogen (secondary N) is 1. The zero-order chi connectivity index (χ0) is 42.9. The maximum Gasteiger partial charge on any atom is 0.510 e. The summed E-state index contributed by atoms with van der Waals surface area (Å²) in [6.07, 6.45) is -2.60. The fourth-order valence-corrected chi connectivity index (χ4v) is 7.31. The molecular formula is C38H45F2N4O14P. The smallest absolute Gasteiger partial charge is 0.482 e. The van der Waals surface area contributed by atoms with Crippen molar-refractivity contribution in [2.75, 3.05) is 51.6 Å². The number of likely N-dealkylation sites (N-methyl/N-ethyl adjacent to an activating group) is 1. The van der Waals surface area contributed by atoms with E-state index in [-0.39, 0.29) is 44.0 Å². The first-order valence-electron chi connectivity index (χ1n) is 18.4. The highest BCUT2D eigenvalue weighted by molar-refractivity contribution is 7.53. The van der Waals surface area contributed by atoms with Gasteiger partial charge in [0.1, 0.15) is 23.8 Å². The van der Waals surface area contributed by atoms with Crippen LogP contribution < -0.4 is 20.5 Å². The van der Waals surface area contributed by atoms with Crippen LogP contribution in [0.2, 0.25) is 0 Å². The number of carbonyl (C=O) groups excluding carboxylic acids is 4. The van der Waals surface area contributed by atoms with Gasteiger partial charge in [0.2, 0.25) is 19.0 Å². The topological polar surface area (TPSA) is 200 Å². The van der Waals surface area contributed by atoms with Crippen molar-refractivity contribution in [3.8, 4) is 5.75 Å². The monoisotopic (exact) mass is 850 g/mol. The molecule has 3 aromatic rings. The molecule has 0 bridgehead atoms. The number of carbonyl (C=O) groups is 4. The summed E-state index contributed by atoms with van der Waals surface area (Å²) in [5, 5.41) is 3.98. The SMILES string of the molecule is CC(C)OC(=O)OCOP(=O)(CCN1n2cc(C(=O)NCc3ccc(F)cc3F)c(=O)c(OCc3ccccc3)c2C(=O)N(C)[C@]12CCOC2)OCOC(=O)OC(C)C. The molecule has 1 spiro atoms. The molecule has 0 saturated carbocycles. The average molecular weight is 851 g/mol. The van der Waals surface area contributed by atoms with E-state index < -0.39 is 104 Å². The summed E-state index contributed by atoms with van der Waals surface area (Å²) in [7, 11) is -2.95. The molecule has 0 unspecified atom stereocenters. The molecular weight excluding hydrogens is 805 g/mol. The van der Waals surface area contributed by atoms with Gasteiger partial charge in [-0.3, -0.25) is 37.7 Å². The van der Waals surface area contributed by atoms with E-state index in [1.807, 2.05) is 0 Å². The summed E-state index contributed by atoms with van der Waals surface area (Å²) >= 11 is 0. The summed E-state index contributed by atoms with van der Waals surface area (Å²) in [6, 6.07) is 11.5. The lowest BCUT2D eigenvalue weighted by atomic mass is 10.0. The van der Waals surface area contributed by atoms with Crippen molar-refractivity contribution >= 4 is 31.7 Å². The van der Waals surface area contributed by atoms with Crippen LogP contribution in [0.15, 0.2) is 59.5 Å². The minimum Gasteiger partial charge on any atom is -0.482 e. The van der Waals surface area contributed by atoms with Crippen molar-refractivity contribution in [1.82, 2.24) is 14.9 Å². The van der Waals surface area contributed by atoms with Crippen LogP contribution in [0.3, 0.4) is 0 Å². The van der Waals surface area contributed by atoms with Gasteiger partial charge in [-0.15, -0.1) is 0 Å². The standard InChI is InChI=1S/C38H45F2N4O14P/c1-24(2)57-36(48)53-22-55-59(50,56-23-54-37(49)58-25(3)4)16-14-44-38(13-15-51-21-38)42(5)35(47)31-33(52-20-26-9-7-6-8-10-26)32(45)29(19-43(31)44)34(46)41-18-27-11-12-28(39)17-30(27)40/h6-12,17,19,24-25H,13-16,18,20-23H2,1-5H3,(H,41,46)/t38-/m1/s1. The largest absolute Gasteiger partial charge is 0.510 e. The summed E-state index contributed by atoms with van der Waals surface area (Å²) in [5.74, 6) is -3.93. The Kier molecular flexibility index (Phi) is 14.7. The molecule has 0 radical (unpaired) electrons. The van der Waals surface area contributed by atoms with E-state index in [0.717, 1.165) is 18.3 Å². The number of pyridine rings is 1. The lowest BCUT2D eigenvalue weighted by Gasteiger charge is -2.52. The molecule has 2 amide bonds. The molecule has 5 rings (SSSR count). The zero-order valence-electron chi connectivity index (χ0n) is 33.0. The number of aromatic nitrogens is 1. The molecule has 1 aromatic heterocycles. The highest BCUT2D eigenvalue weighted by Crippen LogP contribution is 2.49. The number of nitrogens with zero attached hydrogens (tertiary/aromatic N) is 3. The van der Waals surface area contributed by atoms with Crippen LogP contribution in [0.25, 0.3) is 0 Å². The summed E-state index contributed by atoms with van der Waals surface area (Å²) in [5.41, 5.74) is -2.57. The Balaban J connectivity index is 1.54. The van der Waals surface area contributed by atoms with Gasteiger partial charge in [0.05, 0.1) is 31.6 Å². The highest BCUT2D eigenvalue weighted by Gasteiger charge is 2.53. The normalized spacial score (nSPS) is 16.3. The number of fused-ring (bicyclic) bond motifs is 1. The van der Waals surface area contributed by atoms with Crippen LogP contribution in [-0.2, 0) is 50.4 Å². The molecule has 3 heterocycles. The zero-order valence-corrected chi connectivity index (χ0v) is 33.9. The number of amides is 2. The summed E-state index contributed by atoms with van der Waals surface area (Å²) in [6.45, 7) is 3.60. The first kappa shape index (κ1) is 44.5. The first-order chi connectivity index (χ1) is 28.0. The Morgan fingerprint density at radius 3 is 2.17 bits per heavy atom. The predicted molar refractivity (Wildman–Crippen MR) is 202 cm³/mol. The first-order valence-corrected chi connectivity index (χ1v) is 20.1. The van der Waals surface area contributed by atoms with Crippen molar-refractivity contribution in [3.05, 3.63) is 99.0 Å². The maximum atomic E-state index is 14.5. The van der Waals surface area contributed by atoms with Crippen molar-refractivity contribution in [2.24, 2.45) is 0 Å². The van der Waals surface area contributed by atoms with Crippen LogP contribution in [-0.4, -0.2) is 98.1 Å². The maximum absolute atomic E-state index is 14.5. The number of hydrogen-bond donors (Lipinski definition) is 1. The van der Waals surface area contributed by atoms with Crippen LogP contribution >= 0.6 is 7.60 Å². The second-order valence-electron chi connectivity index (χ2n) is 13.8. The minimum absolute atomic E-state index is 0.0718. The van der Waals surface area contributed by atoms with Gasteiger partial charge in [-0.25, -0.2) is 18.4 Å². The van der Waals surface area contributed by atoms with Gasteiger partial charge in [0.15, 0.2) is 17.1 Å². The molecule has 320 valence electrons. The third kappa shape index (κ3) is 10.9. The quantitative estimate of drug-likeness (QED) is 0.108. The summed E-state index contributed by atoms with van der Waals surface area (Å²) in [4.78, 5) is 67.8. The van der Waals surface area contributed by atoms with Gasteiger partial charge < -0.3 is 38.6 Å². The molecule has 59 heavy (non-hydrogen) atoms. The molecule has 18 nitrogen and oxygen atoms in total. The van der Waals surface area contributed by atoms with Gasteiger partial charge in [0.25, 0.3) is 11.8 Å². The molecule has 2 aromatic carbocycles. The Hall–Kier alpha value is -5.56. The molecule has 21 heteroatoms. The van der Waals surface area contributed by atoms with E-state index in [4.69, 9.17) is 37.5 Å². The van der Waals surface area contributed by atoms with Gasteiger partial charge in [0, 0.05) is 44.4 Å². The number of benzene rings is 2. The van der Waals surface area contributed by atoms with E-state index in [9.17, 15) is 37.3 Å². The van der Waals surface area contributed by atoms with E-state index in [0.29, 0.717) is 11.6 Å². The molecule has 1 fully saturated rings. The average Bonchev–Trinajstić information content (AvgIpc) is 3.66. The number of rotatable bonds is 17. The Bertz CT molecular complexity index is 2080. The number of ether oxygens (including phenoxy) is 6. The second-order valence-corrected chi connectivity index (χ2v) is 16.0. The summed E-state index contributed by atoms with van der Waals surface area (Å²) < 4.78 is 86.0. The van der Waals surface area contributed by atoms with Crippen molar-refractivity contribution in [3.63, 3.8) is 0 Å². The Morgan fingerprint density at radius 2 is 1.59 bits per heavy atom. The van der Waals surface area contributed by atoms with Crippen LogP contribution in [0.4, 0.5) is 18.4 Å². The lowest BCUT2D eigenvalue weighted by molar-refractivity contribution is -0.0302. The molecule has 2 aliphatic rings. The van der Waals surface area contributed by atoms with E-state index >= 15 is 0 Å². The van der Waals surface area contributed by atoms with Crippen molar-refractivity contribution in [2.45, 2.75) is 65.1 Å². The second kappa shape index (κ2) is 19.5. The third-order valence-electron chi connectivity index (χ3n) is 9.03. The fraction of sp³-hybridized carbons (Fsp3) is 0.447. The van der Waals surface area contributed by atoms with E-state index in [2.05, 4.69) is 5.32 Å². The number of hydrogen-bond acceptors (Lipinski definition) is 15. The minimum atomic E-state index is -4.43. The van der Waals surface area contributed by atoms with E-state index in [1.165, 1.54) is 21.6 Å². The molecule has 2 aliphatic heterocycles. The molecule has 0 aliphatic carbocycles.